The van der Waals surface area contributed by atoms with E-state index in [1.165, 1.54) is 25.1 Å². The molecule has 0 aliphatic heterocycles. The third-order valence-corrected chi connectivity index (χ3v) is 3.36. The van der Waals surface area contributed by atoms with Gasteiger partial charge in [-0.2, -0.15) is 5.26 Å². The van der Waals surface area contributed by atoms with Crippen molar-refractivity contribution in [1.29, 1.82) is 5.26 Å². The van der Waals surface area contributed by atoms with Crippen LogP contribution >= 0.6 is 11.6 Å². The Hall–Kier alpha value is -1.25. The maximum absolute atomic E-state index is 11.3. The second-order valence-electron chi connectivity index (χ2n) is 2.81. The molecule has 6 heteroatoms. The Morgan fingerprint density at radius 2 is 2.20 bits per heavy atom. The van der Waals surface area contributed by atoms with Crippen molar-refractivity contribution in [2.45, 2.75) is 6.92 Å². The molecule has 0 aliphatic carbocycles. The first-order valence-corrected chi connectivity index (χ1v) is 6.21. The zero-order valence-corrected chi connectivity index (χ0v) is 9.56. The number of nitrogens with zero attached hydrogens (tertiary/aromatic N) is 1. The molecule has 1 rings (SSSR count). The summed E-state index contributed by atoms with van der Waals surface area (Å²) in [4.78, 5) is 0. The summed E-state index contributed by atoms with van der Waals surface area (Å²) in [5, 5.41) is 8.91. The fraction of sp³-hybridized carbons (Fsp3) is 0.222. The number of benzene rings is 1. The van der Waals surface area contributed by atoms with Crippen molar-refractivity contribution in [2.24, 2.45) is 0 Å². The minimum absolute atomic E-state index is 0.0416. The monoisotopic (exact) mass is 244 g/mol. The van der Waals surface area contributed by atoms with E-state index in [2.05, 4.69) is 4.72 Å². The average molecular weight is 245 g/mol. The van der Waals surface area contributed by atoms with E-state index in [0.717, 1.165) is 0 Å². The van der Waals surface area contributed by atoms with Crippen LogP contribution in [0.25, 0.3) is 0 Å². The lowest BCUT2D eigenvalue weighted by Crippen LogP contribution is -2.14. The van der Waals surface area contributed by atoms with Gasteiger partial charge in [0.05, 0.1) is 28.1 Å². The van der Waals surface area contributed by atoms with E-state index < -0.39 is 10.0 Å². The predicted octanol–water partition coefficient (Wildman–Crippen LogP) is 1.97. The highest BCUT2D eigenvalue weighted by molar-refractivity contribution is 7.92. The Morgan fingerprint density at radius 1 is 1.53 bits per heavy atom. The van der Waals surface area contributed by atoms with Gasteiger partial charge in [0.2, 0.25) is 10.0 Å². The minimum atomic E-state index is -3.36. The second-order valence-corrected chi connectivity index (χ2v) is 5.23. The first-order valence-electron chi connectivity index (χ1n) is 4.18. The third-order valence-electron chi connectivity index (χ3n) is 1.74. The zero-order valence-electron chi connectivity index (χ0n) is 7.99. The van der Waals surface area contributed by atoms with Crippen molar-refractivity contribution in [3.8, 4) is 6.07 Å². The van der Waals surface area contributed by atoms with Gasteiger partial charge in [0.1, 0.15) is 0 Å². The quantitative estimate of drug-likeness (QED) is 0.884. The topological polar surface area (TPSA) is 70.0 Å². The second kappa shape index (κ2) is 4.51. The number of nitrogens with one attached hydrogen (secondary N) is 1. The summed E-state index contributed by atoms with van der Waals surface area (Å²) in [7, 11) is -3.36. The van der Waals surface area contributed by atoms with E-state index in [9.17, 15) is 8.42 Å². The summed E-state index contributed by atoms with van der Waals surface area (Å²) in [5.74, 6) is -0.0416. The maximum atomic E-state index is 11.3. The number of hydrogen-bond acceptors (Lipinski definition) is 3. The highest BCUT2D eigenvalue weighted by Gasteiger charge is 2.10. The molecule has 0 radical (unpaired) electrons. The van der Waals surface area contributed by atoms with Crippen LogP contribution in [0.4, 0.5) is 5.69 Å². The van der Waals surface area contributed by atoms with Gasteiger partial charge in [0.25, 0.3) is 0 Å². The number of sulfonamides is 1. The molecular weight excluding hydrogens is 236 g/mol. The van der Waals surface area contributed by atoms with Crippen molar-refractivity contribution in [3.63, 3.8) is 0 Å². The molecule has 0 bridgehead atoms. The molecule has 4 nitrogen and oxygen atoms in total. The van der Waals surface area contributed by atoms with Crippen molar-refractivity contribution < 1.29 is 8.42 Å². The van der Waals surface area contributed by atoms with Crippen LogP contribution in [0.15, 0.2) is 18.2 Å². The maximum Gasteiger partial charge on any atom is 0.232 e. The van der Waals surface area contributed by atoms with Gasteiger partial charge in [-0.3, -0.25) is 4.72 Å². The van der Waals surface area contributed by atoms with Crippen LogP contribution in [-0.4, -0.2) is 14.2 Å². The summed E-state index contributed by atoms with van der Waals surface area (Å²) in [6.07, 6.45) is 0. The Morgan fingerprint density at radius 3 is 2.73 bits per heavy atom. The van der Waals surface area contributed by atoms with E-state index in [4.69, 9.17) is 16.9 Å². The van der Waals surface area contributed by atoms with E-state index in [-0.39, 0.29) is 16.5 Å². The van der Waals surface area contributed by atoms with E-state index >= 15 is 0 Å². The molecular formula is C9H9ClN2O2S. The molecule has 0 saturated carbocycles. The molecule has 0 spiro atoms. The molecule has 15 heavy (non-hydrogen) atoms. The smallest absolute Gasteiger partial charge is 0.232 e. The predicted molar refractivity (Wildman–Crippen MR) is 59.3 cm³/mol. The van der Waals surface area contributed by atoms with Gasteiger partial charge in [0.15, 0.2) is 0 Å². The Labute approximate surface area is 93.5 Å². The average Bonchev–Trinajstić information content (AvgIpc) is 2.21. The molecule has 0 amide bonds. The van der Waals surface area contributed by atoms with E-state index in [1.807, 2.05) is 6.07 Å². The highest BCUT2D eigenvalue weighted by atomic mass is 35.5. The lowest BCUT2D eigenvalue weighted by molar-refractivity contribution is 0.602. The van der Waals surface area contributed by atoms with Gasteiger partial charge in [0, 0.05) is 0 Å². The molecule has 0 aromatic heterocycles. The molecule has 0 heterocycles. The summed E-state index contributed by atoms with van der Waals surface area (Å²) in [6.45, 7) is 1.52. The van der Waals surface area contributed by atoms with Gasteiger partial charge in [-0.25, -0.2) is 8.42 Å². The first-order chi connectivity index (χ1) is 6.98. The standard InChI is InChI=1S/C9H9ClN2O2S/c1-2-15(13,14)12-9-5-7(6-11)3-4-8(9)10/h3-5,12H,2H2,1H3. The summed E-state index contributed by atoms with van der Waals surface area (Å²) in [6, 6.07) is 6.30. The summed E-state index contributed by atoms with van der Waals surface area (Å²) < 4.78 is 24.8. The van der Waals surface area contributed by atoms with Crippen LogP contribution in [-0.2, 0) is 10.0 Å². The van der Waals surface area contributed by atoms with Gasteiger partial charge in [-0.15, -0.1) is 0 Å². The summed E-state index contributed by atoms with van der Waals surface area (Å²) >= 11 is 5.78. The van der Waals surface area contributed by atoms with Crippen molar-refractivity contribution in [3.05, 3.63) is 28.8 Å². The highest BCUT2D eigenvalue weighted by Crippen LogP contribution is 2.23. The van der Waals surface area contributed by atoms with Gasteiger partial charge >= 0.3 is 0 Å². The fourth-order valence-electron chi connectivity index (χ4n) is 0.913. The lowest BCUT2D eigenvalue weighted by Gasteiger charge is -2.07. The van der Waals surface area contributed by atoms with E-state index in [1.54, 1.807) is 0 Å². The fourth-order valence-corrected chi connectivity index (χ4v) is 1.78. The number of nitriles is 1. The minimum Gasteiger partial charge on any atom is -0.282 e. The number of anilines is 1. The van der Waals surface area contributed by atoms with E-state index in [0.29, 0.717) is 5.56 Å². The number of rotatable bonds is 3. The molecule has 0 atom stereocenters. The molecule has 1 aromatic rings. The van der Waals surface area contributed by atoms with Gasteiger partial charge < -0.3 is 0 Å². The number of halogens is 1. The molecule has 1 aromatic carbocycles. The van der Waals surface area contributed by atoms with Crippen LogP contribution in [0.3, 0.4) is 0 Å². The van der Waals surface area contributed by atoms with Crippen molar-refractivity contribution in [2.75, 3.05) is 10.5 Å². The largest absolute Gasteiger partial charge is 0.282 e. The Bertz CT molecular complexity index is 505. The number of hydrogen-bond donors (Lipinski definition) is 1. The Balaban J connectivity index is 3.10. The van der Waals surface area contributed by atoms with Crippen LogP contribution in [0.1, 0.15) is 12.5 Å². The molecule has 80 valence electrons. The third kappa shape index (κ3) is 3.11. The Kier molecular flexibility index (Phi) is 3.56. The molecule has 0 fully saturated rings. The van der Waals surface area contributed by atoms with Crippen molar-refractivity contribution >= 4 is 27.3 Å². The lowest BCUT2D eigenvalue weighted by atomic mass is 10.2. The van der Waals surface area contributed by atoms with Crippen LogP contribution in [0, 0.1) is 11.3 Å². The normalized spacial score (nSPS) is 10.7. The zero-order chi connectivity index (χ0) is 11.5. The van der Waals surface area contributed by atoms with Gasteiger partial charge in [-0.05, 0) is 25.1 Å². The molecule has 0 aliphatic rings. The molecule has 1 N–H and O–H groups in total. The molecule has 0 unspecified atom stereocenters. The van der Waals surface area contributed by atoms with Crippen LogP contribution in [0.2, 0.25) is 5.02 Å². The van der Waals surface area contributed by atoms with Gasteiger partial charge in [-0.1, -0.05) is 11.6 Å². The van der Waals surface area contributed by atoms with Crippen molar-refractivity contribution in [1.82, 2.24) is 0 Å². The van der Waals surface area contributed by atoms with Crippen LogP contribution < -0.4 is 4.72 Å². The first kappa shape index (κ1) is 11.8. The molecule has 0 saturated heterocycles. The SMILES string of the molecule is CCS(=O)(=O)Nc1cc(C#N)ccc1Cl. The summed E-state index contributed by atoms with van der Waals surface area (Å²) in [5.41, 5.74) is 0.589. The van der Waals surface area contributed by atoms with Crippen LogP contribution in [0.5, 0.6) is 0 Å².